The van der Waals surface area contributed by atoms with Crippen LogP contribution in [0.15, 0.2) is 42.9 Å². The van der Waals surface area contributed by atoms with E-state index in [4.69, 9.17) is 4.74 Å². The Labute approximate surface area is 151 Å². The van der Waals surface area contributed by atoms with Crippen molar-refractivity contribution in [1.29, 1.82) is 0 Å². The lowest BCUT2D eigenvalue weighted by Crippen LogP contribution is -2.39. The van der Waals surface area contributed by atoms with Gasteiger partial charge in [0.25, 0.3) is 0 Å². The van der Waals surface area contributed by atoms with Crippen LogP contribution in [0.1, 0.15) is 5.69 Å². The maximum Gasteiger partial charge on any atom is 0.152 e. The van der Waals surface area contributed by atoms with Crippen LogP contribution in [-0.2, 0) is 16.0 Å². The highest BCUT2D eigenvalue weighted by atomic mass is 16.5. The Kier molecular flexibility index (Phi) is 4.90. The Balaban J connectivity index is 1.51. The summed E-state index contributed by atoms with van der Waals surface area (Å²) in [7, 11) is 0. The van der Waals surface area contributed by atoms with Crippen LogP contribution in [0, 0.1) is 0 Å². The number of hydrogen-bond acceptors (Lipinski definition) is 7. The van der Waals surface area contributed by atoms with Gasteiger partial charge in [-0.05, 0) is 29.7 Å². The molecule has 7 nitrogen and oxygen atoms in total. The standard InChI is InChI=1S/C19H19N5O2/c25-17(13-24-4-6-26-7-5-24)10-16-8-14-9-19(18-2-1-3-22-23-18)21-12-15(14)11-20-16/h1-3,8-9,11-12H,4-7,10,13H2. The average Bonchev–Trinajstić information content (AvgIpc) is 2.69. The summed E-state index contributed by atoms with van der Waals surface area (Å²) < 4.78 is 5.31. The molecule has 3 aromatic rings. The van der Waals surface area contributed by atoms with E-state index in [9.17, 15) is 4.79 Å². The third kappa shape index (κ3) is 3.89. The first-order valence-electron chi connectivity index (χ1n) is 8.62. The van der Waals surface area contributed by atoms with Crippen LogP contribution < -0.4 is 0 Å². The number of ketones is 1. The highest BCUT2D eigenvalue weighted by Gasteiger charge is 2.15. The number of ether oxygens (including phenoxy) is 1. The molecule has 0 aliphatic carbocycles. The molecule has 0 N–H and O–H groups in total. The number of aromatic nitrogens is 4. The zero-order valence-electron chi connectivity index (χ0n) is 14.3. The van der Waals surface area contributed by atoms with Gasteiger partial charge in [0.15, 0.2) is 5.78 Å². The molecule has 0 unspecified atom stereocenters. The Hall–Kier alpha value is -2.77. The maximum absolute atomic E-state index is 12.4. The van der Waals surface area contributed by atoms with Crippen molar-refractivity contribution < 1.29 is 9.53 Å². The summed E-state index contributed by atoms with van der Waals surface area (Å²) in [6.07, 6.45) is 5.49. The molecule has 1 fully saturated rings. The molecule has 1 aliphatic heterocycles. The van der Waals surface area contributed by atoms with E-state index in [2.05, 4.69) is 25.1 Å². The monoisotopic (exact) mass is 349 g/mol. The van der Waals surface area contributed by atoms with E-state index in [-0.39, 0.29) is 5.78 Å². The van der Waals surface area contributed by atoms with Gasteiger partial charge in [-0.15, -0.1) is 5.10 Å². The average molecular weight is 349 g/mol. The van der Waals surface area contributed by atoms with Crippen LogP contribution in [-0.4, -0.2) is 63.7 Å². The van der Waals surface area contributed by atoms with Crippen LogP contribution in [0.2, 0.25) is 0 Å². The molecule has 0 spiro atoms. The first kappa shape index (κ1) is 16.7. The van der Waals surface area contributed by atoms with Crippen LogP contribution in [0.5, 0.6) is 0 Å². The lowest BCUT2D eigenvalue weighted by Gasteiger charge is -2.25. The molecular weight excluding hydrogens is 330 g/mol. The Morgan fingerprint density at radius 2 is 1.92 bits per heavy atom. The first-order chi connectivity index (χ1) is 12.8. The molecule has 3 aromatic heterocycles. The summed E-state index contributed by atoms with van der Waals surface area (Å²) in [4.78, 5) is 23.3. The van der Waals surface area contributed by atoms with E-state index in [1.807, 2.05) is 24.3 Å². The van der Waals surface area contributed by atoms with Crippen LogP contribution in [0.25, 0.3) is 22.2 Å². The van der Waals surface area contributed by atoms with Crippen molar-refractivity contribution in [3.05, 3.63) is 48.5 Å². The zero-order chi connectivity index (χ0) is 17.8. The number of nitrogens with zero attached hydrogens (tertiary/aromatic N) is 5. The van der Waals surface area contributed by atoms with Gasteiger partial charge in [-0.1, -0.05) is 0 Å². The fourth-order valence-electron chi connectivity index (χ4n) is 3.03. The van der Waals surface area contributed by atoms with E-state index in [1.165, 1.54) is 0 Å². The number of Topliss-reactive ketones (excluding diaryl/α,β-unsaturated/α-hetero) is 1. The Morgan fingerprint density at radius 3 is 2.73 bits per heavy atom. The Morgan fingerprint density at radius 1 is 1.08 bits per heavy atom. The van der Waals surface area contributed by atoms with Gasteiger partial charge in [-0.25, -0.2) is 0 Å². The van der Waals surface area contributed by atoms with Gasteiger partial charge in [0, 0.05) is 42.8 Å². The highest BCUT2D eigenvalue weighted by Crippen LogP contribution is 2.20. The van der Waals surface area contributed by atoms with Crippen LogP contribution in [0.3, 0.4) is 0 Å². The molecule has 4 heterocycles. The Bertz CT molecular complexity index is 910. The predicted molar refractivity (Wildman–Crippen MR) is 96.5 cm³/mol. The number of carbonyl (C=O) groups excluding carboxylic acids is 1. The number of morpholine rings is 1. The van der Waals surface area contributed by atoms with E-state index < -0.39 is 0 Å². The topological polar surface area (TPSA) is 81.1 Å². The lowest BCUT2D eigenvalue weighted by atomic mass is 10.1. The molecule has 4 rings (SSSR count). The van der Waals surface area contributed by atoms with Crippen LogP contribution >= 0.6 is 0 Å². The van der Waals surface area contributed by atoms with E-state index in [1.54, 1.807) is 18.6 Å². The minimum Gasteiger partial charge on any atom is -0.379 e. The predicted octanol–water partition coefficient (Wildman–Crippen LogP) is 1.53. The van der Waals surface area contributed by atoms with Crippen molar-refractivity contribution in [2.24, 2.45) is 0 Å². The first-order valence-corrected chi connectivity index (χ1v) is 8.62. The molecule has 0 amide bonds. The normalized spacial score (nSPS) is 15.2. The largest absolute Gasteiger partial charge is 0.379 e. The van der Waals surface area contributed by atoms with Crippen LogP contribution in [0.4, 0.5) is 0 Å². The zero-order valence-corrected chi connectivity index (χ0v) is 14.3. The molecule has 0 radical (unpaired) electrons. The molecule has 0 atom stereocenters. The van der Waals surface area contributed by atoms with Crippen molar-refractivity contribution in [3.8, 4) is 11.4 Å². The number of carbonyl (C=O) groups is 1. The van der Waals surface area contributed by atoms with Crippen molar-refractivity contribution in [1.82, 2.24) is 25.1 Å². The van der Waals surface area contributed by atoms with Crippen molar-refractivity contribution in [3.63, 3.8) is 0 Å². The van der Waals surface area contributed by atoms with E-state index >= 15 is 0 Å². The second kappa shape index (κ2) is 7.63. The molecule has 0 bridgehead atoms. The van der Waals surface area contributed by atoms with Gasteiger partial charge in [-0.2, -0.15) is 5.10 Å². The molecule has 0 aromatic carbocycles. The van der Waals surface area contributed by atoms with Gasteiger partial charge in [0.1, 0.15) is 5.69 Å². The molecular formula is C19H19N5O2. The van der Waals surface area contributed by atoms with E-state index in [0.29, 0.717) is 26.2 Å². The fraction of sp³-hybridized carbons (Fsp3) is 0.316. The summed E-state index contributed by atoms with van der Waals surface area (Å²) in [5.74, 6) is 0.168. The quantitative estimate of drug-likeness (QED) is 0.691. The maximum atomic E-state index is 12.4. The fourth-order valence-corrected chi connectivity index (χ4v) is 3.03. The van der Waals surface area contributed by atoms with Crippen molar-refractivity contribution in [2.75, 3.05) is 32.8 Å². The number of fused-ring (bicyclic) bond motifs is 1. The summed E-state index contributed by atoms with van der Waals surface area (Å²) in [6, 6.07) is 7.61. The number of rotatable bonds is 5. The molecule has 1 saturated heterocycles. The van der Waals surface area contributed by atoms with Gasteiger partial charge in [0.2, 0.25) is 0 Å². The van der Waals surface area contributed by atoms with Crippen molar-refractivity contribution >= 4 is 16.6 Å². The number of hydrogen-bond donors (Lipinski definition) is 0. The summed E-state index contributed by atoms with van der Waals surface area (Å²) in [6.45, 7) is 3.46. The minimum atomic E-state index is 0.168. The van der Waals surface area contributed by atoms with Gasteiger partial charge < -0.3 is 4.74 Å². The van der Waals surface area contributed by atoms with Crippen molar-refractivity contribution in [2.45, 2.75) is 6.42 Å². The summed E-state index contributed by atoms with van der Waals surface area (Å²) in [5.41, 5.74) is 2.24. The molecule has 132 valence electrons. The SMILES string of the molecule is O=C(Cc1cc2cc(-c3cccnn3)ncc2cn1)CN1CCOCC1. The molecule has 0 saturated carbocycles. The second-order valence-corrected chi connectivity index (χ2v) is 6.31. The van der Waals surface area contributed by atoms with Gasteiger partial charge in [0.05, 0.1) is 31.9 Å². The third-order valence-electron chi connectivity index (χ3n) is 4.38. The molecule has 26 heavy (non-hydrogen) atoms. The molecule has 1 aliphatic rings. The third-order valence-corrected chi connectivity index (χ3v) is 4.38. The molecule has 7 heteroatoms. The highest BCUT2D eigenvalue weighted by molar-refractivity contribution is 5.87. The van der Waals surface area contributed by atoms with Gasteiger partial charge in [-0.3, -0.25) is 19.7 Å². The summed E-state index contributed by atoms with van der Waals surface area (Å²) in [5, 5.41) is 9.91. The van der Waals surface area contributed by atoms with E-state index in [0.717, 1.165) is 40.9 Å². The lowest BCUT2D eigenvalue weighted by molar-refractivity contribution is -0.120. The smallest absolute Gasteiger partial charge is 0.152 e. The number of pyridine rings is 2. The minimum absolute atomic E-state index is 0.168. The van der Waals surface area contributed by atoms with Gasteiger partial charge >= 0.3 is 0 Å². The second-order valence-electron chi connectivity index (χ2n) is 6.31. The summed E-state index contributed by atoms with van der Waals surface area (Å²) >= 11 is 0.